The molecule has 0 saturated carbocycles. The number of carbonyl (C=O) groups is 2. The third-order valence-electron chi connectivity index (χ3n) is 5.44. The molecule has 1 heterocycles. The molecule has 134 valence electrons. The van der Waals surface area contributed by atoms with Crippen molar-refractivity contribution in [3.63, 3.8) is 0 Å². The van der Waals surface area contributed by atoms with Crippen LogP contribution in [0.4, 0.5) is 0 Å². The van der Waals surface area contributed by atoms with Crippen LogP contribution in [0.15, 0.2) is 72.3 Å². The Balaban J connectivity index is 1.86. The highest BCUT2D eigenvalue weighted by Gasteiger charge is 2.42. The van der Waals surface area contributed by atoms with E-state index < -0.39 is 5.41 Å². The Morgan fingerprint density at radius 2 is 1.63 bits per heavy atom. The van der Waals surface area contributed by atoms with Gasteiger partial charge in [-0.05, 0) is 24.0 Å². The second kappa shape index (κ2) is 7.25. The van der Waals surface area contributed by atoms with Gasteiger partial charge in [0.05, 0.1) is 5.41 Å². The van der Waals surface area contributed by atoms with Gasteiger partial charge in [0.2, 0.25) is 0 Å². The first-order chi connectivity index (χ1) is 13.2. The van der Waals surface area contributed by atoms with Crippen molar-refractivity contribution in [3.8, 4) is 11.8 Å². The van der Waals surface area contributed by atoms with E-state index in [-0.39, 0.29) is 17.7 Å². The van der Waals surface area contributed by atoms with Gasteiger partial charge in [-0.2, -0.15) is 0 Å². The maximum atomic E-state index is 12.5. The molecule has 0 aromatic heterocycles. The topological polar surface area (TPSA) is 46.2 Å². The largest absolute Gasteiger partial charge is 0.289 e. The second-order valence-corrected chi connectivity index (χ2v) is 7.13. The molecule has 2 aromatic rings. The van der Waals surface area contributed by atoms with Crippen LogP contribution in [0.3, 0.4) is 0 Å². The van der Waals surface area contributed by atoms with Crippen LogP contribution < -0.4 is 5.32 Å². The lowest BCUT2D eigenvalue weighted by atomic mass is 9.69. The van der Waals surface area contributed by atoms with E-state index in [4.69, 9.17) is 0 Å². The first-order valence-corrected chi connectivity index (χ1v) is 9.40. The summed E-state index contributed by atoms with van der Waals surface area (Å²) in [6.45, 7) is 0. The lowest BCUT2D eigenvalue weighted by molar-refractivity contribution is -0.124. The number of hydrogen-bond donors (Lipinski definition) is 1. The van der Waals surface area contributed by atoms with Crippen LogP contribution in [0.2, 0.25) is 0 Å². The van der Waals surface area contributed by atoms with Crippen molar-refractivity contribution in [2.45, 2.75) is 37.0 Å². The van der Waals surface area contributed by atoms with Gasteiger partial charge in [0.1, 0.15) is 0 Å². The van der Waals surface area contributed by atoms with E-state index in [1.54, 1.807) is 0 Å². The number of amides is 2. The summed E-state index contributed by atoms with van der Waals surface area (Å²) in [5.41, 5.74) is 1.90. The van der Waals surface area contributed by atoms with Crippen molar-refractivity contribution in [3.05, 3.63) is 83.4 Å². The Morgan fingerprint density at radius 1 is 0.926 bits per heavy atom. The highest BCUT2D eigenvalue weighted by atomic mass is 16.2. The van der Waals surface area contributed by atoms with Gasteiger partial charge in [-0.25, -0.2) is 0 Å². The molecule has 0 radical (unpaired) electrons. The smallest absolute Gasteiger partial charge is 0.256 e. The number of carbonyl (C=O) groups excluding carboxylic acids is 2. The van der Waals surface area contributed by atoms with Crippen molar-refractivity contribution in [1.29, 1.82) is 0 Å². The van der Waals surface area contributed by atoms with E-state index in [9.17, 15) is 9.59 Å². The molecule has 0 fully saturated rings. The first-order valence-electron chi connectivity index (χ1n) is 9.40. The molecule has 1 aliphatic heterocycles. The lowest BCUT2D eigenvalue weighted by Gasteiger charge is -2.31. The van der Waals surface area contributed by atoms with Crippen LogP contribution in [0.25, 0.3) is 0 Å². The molecule has 2 amide bonds. The van der Waals surface area contributed by atoms with E-state index in [0.29, 0.717) is 5.57 Å². The van der Waals surface area contributed by atoms with Crippen molar-refractivity contribution in [1.82, 2.24) is 5.32 Å². The summed E-state index contributed by atoms with van der Waals surface area (Å²) in [5.74, 6) is 6.38. The molecule has 1 N–H and O–H groups in total. The molecular weight excluding hydrogens is 334 g/mol. The Bertz CT molecular complexity index is 950. The van der Waals surface area contributed by atoms with E-state index in [1.165, 1.54) is 11.6 Å². The summed E-state index contributed by atoms with van der Waals surface area (Å²) in [4.78, 5) is 24.4. The van der Waals surface area contributed by atoms with Crippen molar-refractivity contribution in [2.24, 2.45) is 0 Å². The van der Waals surface area contributed by atoms with Crippen molar-refractivity contribution in [2.75, 3.05) is 0 Å². The molecule has 0 bridgehead atoms. The first kappa shape index (κ1) is 17.3. The Morgan fingerprint density at radius 3 is 2.30 bits per heavy atom. The number of rotatable bonds is 3. The number of nitrogens with one attached hydrogen (secondary N) is 1. The molecule has 0 spiro atoms. The molecule has 2 unspecified atom stereocenters. The Hall–Kier alpha value is -3.12. The average molecular weight is 355 g/mol. The molecule has 3 heteroatoms. The van der Waals surface area contributed by atoms with Gasteiger partial charge >= 0.3 is 0 Å². The molecule has 2 atom stereocenters. The van der Waals surface area contributed by atoms with E-state index in [2.05, 4.69) is 29.3 Å². The van der Waals surface area contributed by atoms with E-state index in [1.807, 2.05) is 48.5 Å². The molecule has 4 rings (SSSR count). The van der Waals surface area contributed by atoms with Crippen LogP contribution in [0.5, 0.6) is 0 Å². The maximum absolute atomic E-state index is 12.5. The number of benzene rings is 2. The summed E-state index contributed by atoms with van der Waals surface area (Å²) in [7, 11) is 0. The van der Waals surface area contributed by atoms with Crippen LogP contribution in [0, 0.1) is 11.8 Å². The van der Waals surface area contributed by atoms with Gasteiger partial charge in [-0.1, -0.05) is 85.3 Å². The monoisotopic (exact) mass is 355 g/mol. The van der Waals surface area contributed by atoms with Crippen molar-refractivity contribution < 1.29 is 9.59 Å². The lowest BCUT2D eigenvalue weighted by Crippen LogP contribution is -2.34. The van der Waals surface area contributed by atoms with Gasteiger partial charge in [0, 0.05) is 17.6 Å². The minimum Gasteiger partial charge on any atom is -0.289 e. The minimum atomic E-state index is -0.745. The zero-order valence-electron chi connectivity index (χ0n) is 15.1. The average Bonchev–Trinajstić information content (AvgIpc) is 3.02. The standard InChI is InChI=1S/C24H21NO2/c26-22-17-21(23(27)25-22)24(20-12-5-2-6-13-20)15-8-7-11-19(14-16-24)18-9-3-1-4-10-18/h1-6,9-10,12-13,17,19H,7-8,11,15H2,(H,25,26,27). The number of imide groups is 1. The molecule has 27 heavy (non-hydrogen) atoms. The highest BCUT2D eigenvalue weighted by Crippen LogP contribution is 2.40. The fourth-order valence-corrected chi connectivity index (χ4v) is 4.04. The fraction of sp³-hybridized carbons (Fsp3) is 0.250. The van der Waals surface area contributed by atoms with Crippen molar-refractivity contribution >= 4 is 11.8 Å². The summed E-state index contributed by atoms with van der Waals surface area (Å²) in [5, 5.41) is 2.40. The zero-order chi connectivity index (χ0) is 18.7. The van der Waals surface area contributed by atoms with Gasteiger partial charge in [-0.15, -0.1) is 0 Å². The Labute approximate surface area is 159 Å². The molecule has 3 nitrogen and oxygen atoms in total. The van der Waals surface area contributed by atoms with E-state index in [0.717, 1.165) is 31.2 Å². The van der Waals surface area contributed by atoms with Gasteiger partial charge in [-0.3, -0.25) is 14.9 Å². The van der Waals surface area contributed by atoms with Crippen LogP contribution in [0.1, 0.15) is 42.7 Å². The van der Waals surface area contributed by atoms with Crippen LogP contribution >= 0.6 is 0 Å². The summed E-state index contributed by atoms with van der Waals surface area (Å²) < 4.78 is 0. The normalized spacial score (nSPS) is 24.9. The number of hydrogen-bond acceptors (Lipinski definition) is 2. The predicted molar refractivity (Wildman–Crippen MR) is 105 cm³/mol. The highest BCUT2D eigenvalue weighted by molar-refractivity contribution is 6.17. The minimum absolute atomic E-state index is 0.135. The zero-order valence-corrected chi connectivity index (χ0v) is 15.1. The quantitative estimate of drug-likeness (QED) is 0.671. The molecule has 1 aliphatic carbocycles. The van der Waals surface area contributed by atoms with Crippen LogP contribution in [-0.2, 0) is 15.0 Å². The molecular formula is C24H21NO2. The van der Waals surface area contributed by atoms with E-state index >= 15 is 0 Å². The molecule has 0 saturated heterocycles. The Kier molecular flexibility index (Phi) is 4.64. The van der Waals surface area contributed by atoms with Crippen LogP contribution in [-0.4, -0.2) is 11.8 Å². The predicted octanol–water partition coefficient (Wildman–Crippen LogP) is 3.87. The second-order valence-electron chi connectivity index (χ2n) is 7.13. The summed E-state index contributed by atoms with van der Waals surface area (Å²) in [6, 6.07) is 20.2. The maximum Gasteiger partial charge on any atom is 0.256 e. The summed E-state index contributed by atoms with van der Waals surface area (Å²) in [6.07, 6.45) is 5.16. The fourth-order valence-electron chi connectivity index (χ4n) is 4.04. The summed E-state index contributed by atoms with van der Waals surface area (Å²) >= 11 is 0. The third kappa shape index (κ3) is 3.31. The SMILES string of the molecule is O=C1C=C(C2(c3ccccc3)C#CC(c3ccccc3)CCCC2)C(=O)N1. The molecule has 2 aliphatic rings. The van der Waals surface area contributed by atoms with Gasteiger partial charge in [0.15, 0.2) is 0 Å². The molecule has 2 aromatic carbocycles. The van der Waals surface area contributed by atoms with Gasteiger partial charge < -0.3 is 0 Å². The van der Waals surface area contributed by atoms with Gasteiger partial charge in [0.25, 0.3) is 11.8 Å². The third-order valence-corrected chi connectivity index (χ3v) is 5.44.